The van der Waals surface area contributed by atoms with E-state index in [0.29, 0.717) is 24.1 Å². The lowest BCUT2D eigenvalue weighted by molar-refractivity contribution is -0.132. The highest BCUT2D eigenvalue weighted by Crippen LogP contribution is 2.45. The van der Waals surface area contributed by atoms with Gasteiger partial charge in [-0.2, -0.15) is 4.31 Å². The fraction of sp³-hybridized carbons (Fsp3) is 0.459. The normalized spacial score (nSPS) is 16.1. The highest BCUT2D eigenvalue weighted by molar-refractivity contribution is 7.89. The number of halogens is 2. The summed E-state index contributed by atoms with van der Waals surface area (Å²) >= 11 is 0. The minimum atomic E-state index is -4.04. The second-order valence-corrected chi connectivity index (χ2v) is 16.6. The highest BCUT2D eigenvalue weighted by atomic mass is 32.2. The molecule has 1 aliphatic carbocycles. The number of rotatable bonds is 16. The van der Waals surface area contributed by atoms with Crippen LogP contribution in [0.5, 0.6) is 0 Å². The number of nitrogens with one attached hydrogen (secondary N) is 3. The molecule has 3 aromatic rings. The van der Waals surface area contributed by atoms with Gasteiger partial charge in [-0.1, -0.05) is 65.0 Å². The molecule has 272 valence electrons. The molecule has 50 heavy (non-hydrogen) atoms. The molecule has 2 amide bonds. The van der Waals surface area contributed by atoms with E-state index in [4.69, 9.17) is 5.73 Å². The lowest BCUT2D eigenvalue weighted by Crippen LogP contribution is -2.59. The summed E-state index contributed by atoms with van der Waals surface area (Å²) in [4.78, 5) is 27.2. The fourth-order valence-electron chi connectivity index (χ4n) is 5.88. The molecule has 3 atom stereocenters. The van der Waals surface area contributed by atoms with E-state index in [2.05, 4.69) is 16.0 Å². The van der Waals surface area contributed by atoms with Crippen molar-refractivity contribution in [1.29, 1.82) is 0 Å². The Labute approximate surface area is 293 Å². The van der Waals surface area contributed by atoms with Gasteiger partial charge in [-0.25, -0.2) is 17.2 Å². The molecule has 13 heteroatoms. The van der Waals surface area contributed by atoms with Gasteiger partial charge in [0.25, 0.3) is 0 Å². The number of anilines is 1. The summed E-state index contributed by atoms with van der Waals surface area (Å²) in [6.45, 7) is 8.71. The average molecular weight is 714 g/mol. The first-order valence-electron chi connectivity index (χ1n) is 16.8. The Morgan fingerprint density at radius 3 is 2.08 bits per heavy atom. The summed E-state index contributed by atoms with van der Waals surface area (Å²) in [6.07, 6.45) is 0.0334. The second-order valence-electron chi connectivity index (χ2n) is 14.6. The van der Waals surface area contributed by atoms with Crippen LogP contribution in [0.15, 0.2) is 77.7 Å². The molecule has 10 nitrogen and oxygen atoms in total. The van der Waals surface area contributed by atoms with Crippen molar-refractivity contribution in [3.63, 3.8) is 0 Å². The van der Waals surface area contributed by atoms with E-state index in [1.165, 1.54) is 40.7 Å². The number of nitrogen functional groups attached to an aromatic ring is 1. The minimum Gasteiger partial charge on any atom is -0.399 e. The standard InChI is InChI=1S/C37H49F2N5O5S/c1-24(2)22-44(50(48,49)30-13-11-29(40)12-14-30)23-32(45)31(17-25-9-7-6-8-10-25)42-35(47)34(36(3,4)5)43-33(46)21-41-37(15-16-37)26-18-27(38)20-28(39)19-26/h6-14,18-20,24,31-32,34,41,45H,15-17,21-23,40H2,1-5H3,(H,42,47)(H,43,46). The van der Waals surface area contributed by atoms with Gasteiger partial charge >= 0.3 is 0 Å². The quantitative estimate of drug-likeness (QED) is 0.140. The number of benzene rings is 3. The zero-order valence-electron chi connectivity index (χ0n) is 29.2. The molecular weight excluding hydrogens is 665 g/mol. The molecular formula is C37H49F2N5O5S. The topological polar surface area (TPSA) is 154 Å². The van der Waals surface area contributed by atoms with Crippen LogP contribution in [0.4, 0.5) is 14.5 Å². The Morgan fingerprint density at radius 1 is 0.940 bits per heavy atom. The third-order valence-corrected chi connectivity index (χ3v) is 10.6. The molecule has 0 saturated heterocycles. The minimum absolute atomic E-state index is 0.0304. The smallest absolute Gasteiger partial charge is 0.243 e. The van der Waals surface area contributed by atoms with E-state index < -0.39 is 62.6 Å². The van der Waals surface area contributed by atoms with Gasteiger partial charge in [-0.3, -0.25) is 14.9 Å². The molecule has 3 unspecified atom stereocenters. The van der Waals surface area contributed by atoms with Gasteiger partial charge < -0.3 is 21.5 Å². The first-order valence-corrected chi connectivity index (χ1v) is 18.2. The Hall–Kier alpha value is -3.91. The third kappa shape index (κ3) is 10.3. The van der Waals surface area contributed by atoms with Gasteiger partial charge in [-0.05, 0) is 78.1 Å². The Bertz CT molecular complexity index is 1710. The van der Waals surface area contributed by atoms with Crippen molar-refractivity contribution >= 4 is 27.5 Å². The van der Waals surface area contributed by atoms with Gasteiger partial charge in [0, 0.05) is 30.4 Å². The molecule has 1 aliphatic rings. The molecule has 1 saturated carbocycles. The molecule has 0 spiro atoms. The van der Waals surface area contributed by atoms with Crippen molar-refractivity contribution in [2.45, 2.75) is 82.5 Å². The maximum atomic E-state index is 14.0. The lowest BCUT2D eigenvalue weighted by Gasteiger charge is -2.34. The molecule has 3 aromatic carbocycles. The van der Waals surface area contributed by atoms with Crippen LogP contribution in [0, 0.1) is 23.0 Å². The lowest BCUT2D eigenvalue weighted by atomic mass is 9.85. The molecule has 0 radical (unpaired) electrons. The van der Waals surface area contributed by atoms with Crippen LogP contribution in [-0.4, -0.2) is 67.5 Å². The van der Waals surface area contributed by atoms with Crippen molar-refractivity contribution in [3.8, 4) is 0 Å². The molecule has 0 bridgehead atoms. The van der Waals surface area contributed by atoms with Gasteiger partial charge in [-0.15, -0.1) is 0 Å². The summed E-state index contributed by atoms with van der Waals surface area (Å²) in [5.74, 6) is -2.54. The average Bonchev–Trinajstić information content (AvgIpc) is 3.83. The largest absolute Gasteiger partial charge is 0.399 e. The van der Waals surface area contributed by atoms with Gasteiger partial charge in [0.2, 0.25) is 21.8 Å². The molecule has 0 heterocycles. The number of carbonyl (C=O) groups excluding carboxylic acids is 2. The fourth-order valence-corrected chi connectivity index (χ4v) is 7.50. The molecule has 0 aromatic heterocycles. The highest BCUT2D eigenvalue weighted by Gasteiger charge is 2.45. The zero-order valence-corrected chi connectivity index (χ0v) is 30.1. The Kier molecular flexibility index (Phi) is 12.4. The summed E-state index contributed by atoms with van der Waals surface area (Å²) in [6, 6.07) is 16.3. The maximum absolute atomic E-state index is 14.0. The number of aliphatic hydroxyl groups excluding tert-OH is 1. The van der Waals surface area contributed by atoms with E-state index >= 15 is 0 Å². The van der Waals surface area contributed by atoms with Crippen LogP contribution in [0.25, 0.3) is 0 Å². The summed E-state index contributed by atoms with van der Waals surface area (Å²) in [5.41, 5.74) is 5.90. The van der Waals surface area contributed by atoms with Crippen molar-refractivity contribution in [1.82, 2.24) is 20.3 Å². The van der Waals surface area contributed by atoms with Gasteiger partial charge in [0.1, 0.15) is 17.7 Å². The first-order chi connectivity index (χ1) is 23.4. The molecule has 1 fully saturated rings. The molecule has 0 aliphatic heterocycles. The Morgan fingerprint density at radius 2 is 1.54 bits per heavy atom. The van der Waals surface area contributed by atoms with E-state index in [-0.39, 0.29) is 36.9 Å². The predicted octanol–water partition coefficient (Wildman–Crippen LogP) is 4.09. The number of hydrogen-bond donors (Lipinski definition) is 5. The summed E-state index contributed by atoms with van der Waals surface area (Å²) in [5, 5.41) is 20.5. The SMILES string of the molecule is CC(C)CN(CC(O)C(Cc1ccccc1)NC(=O)C(NC(=O)CNC1(c2cc(F)cc(F)c2)CC1)C(C)(C)C)S(=O)(=O)c1ccc(N)cc1. The van der Waals surface area contributed by atoms with E-state index in [9.17, 15) is 31.9 Å². The number of carbonyl (C=O) groups is 2. The van der Waals surface area contributed by atoms with Crippen molar-refractivity contribution < 1.29 is 31.9 Å². The number of amides is 2. The van der Waals surface area contributed by atoms with Crippen LogP contribution in [-0.2, 0) is 31.6 Å². The van der Waals surface area contributed by atoms with E-state index in [0.717, 1.165) is 11.6 Å². The number of sulfonamides is 1. The second kappa shape index (κ2) is 16.0. The predicted molar refractivity (Wildman–Crippen MR) is 189 cm³/mol. The number of nitrogens with zero attached hydrogens (tertiary/aromatic N) is 1. The Balaban J connectivity index is 1.52. The number of aliphatic hydroxyl groups is 1. The van der Waals surface area contributed by atoms with Crippen LogP contribution in [0.3, 0.4) is 0 Å². The van der Waals surface area contributed by atoms with E-state index in [1.807, 2.05) is 44.2 Å². The van der Waals surface area contributed by atoms with Crippen molar-refractivity contribution in [3.05, 3.63) is 95.6 Å². The van der Waals surface area contributed by atoms with Crippen LogP contribution >= 0.6 is 0 Å². The first kappa shape index (κ1) is 38.9. The molecule has 4 rings (SSSR count). The van der Waals surface area contributed by atoms with Crippen LogP contribution in [0.1, 0.15) is 58.6 Å². The van der Waals surface area contributed by atoms with Gasteiger partial charge in [0.05, 0.1) is 23.6 Å². The monoisotopic (exact) mass is 713 g/mol. The summed E-state index contributed by atoms with van der Waals surface area (Å²) in [7, 11) is -4.04. The maximum Gasteiger partial charge on any atom is 0.243 e. The van der Waals surface area contributed by atoms with Crippen molar-refractivity contribution in [2.75, 3.05) is 25.4 Å². The van der Waals surface area contributed by atoms with E-state index in [1.54, 1.807) is 20.8 Å². The zero-order chi connectivity index (χ0) is 36.9. The van der Waals surface area contributed by atoms with Gasteiger partial charge in [0.15, 0.2) is 0 Å². The summed E-state index contributed by atoms with van der Waals surface area (Å²) < 4.78 is 56.5. The number of nitrogens with two attached hydrogens (primary N) is 1. The third-order valence-electron chi connectivity index (χ3n) is 8.75. The molecule has 6 N–H and O–H groups in total. The number of hydrogen-bond acceptors (Lipinski definition) is 7. The van der Waals surface area contributed by atoms with Crippen molar-refractivity contribution in [2.24, 2.45) is 11.3 Å². The van der Waals surface area contributed by atoms with Crippen LogP contribution in [0.2, 0.25) is 0 Å². The van der Waals surface area contributed by atoms with Crippen LogP contribution < -0.4 is 21.7 Å².